The molecule has 0 spiro atoms. The molecule has 1 amide bonds. The summed E-state index contributed by atoms with van der Waals surface area (Å²) in [6.45, 7) is 1.63. The Labute approximate surface area is 222 Å². The predicted octanol–water partition coefficient (Wildman–Crippen LogP) is 6.54. The van der Waals surface area contributed by atoms with Crippen molar-refractivity contribution in [2.45, 2.75) is 36.6 Å². The van der Waals surface area contributed by atoms with Gasteiger partial charge in [-0.25, -0.2) is 4.98 Å². The largest absolute Gasteiger partial charge is 0.337 e. The second kappa shape index (κ2) is 11.1. The molecule has 2 aromatic carbocycles. The molecule has 0 atom stereocenters. The molecule has 0 bridgehead atoms. The normalized spacial score (nSPS) is 13.8. The first kappa shape index (κ1) is 24.3. The third kappa shape index (κ3) is 5.72. The van der Waals surface area contributed by atoms with Crippen LogP contribution in [0, 0.1) is 0 Å². The third-order valence-electron chi connectivity index (χ3n) is 5.81. The van der Waals surface area contributed by atoms with E-state index in [0.717, 1.165) is 53.2 Å². The first-order valence-electron chi connectivity index (χ1n) is 11.4. The molecule has 4 aromatic rings. The summed E-state index contributed by atoms with van der Waals surface area (Å²) in [6, 6.07) is 15.7. The number of thioether (sulfide) groups is 1. The lowest BCUT2D eigenvalue weighted by Gasteiger charge is -2.25. The van der Waals surface area contributed by atoms with E-state index in [0.29, 0.717) is 27.9 Å². The molecule has 1 aliphatic heterocycles. The van der Waals surface area contributed by atoms with E-state index >= 15 is 0 Å². The van der Waals surface area contributed by atoms with Crippen LogP contribution in [0.15, 0.2) is 59.1 Å². The molecule has 0 aliphatic carbocycles. The third-order valence-corrected chi connectivity index (χ3v) is 8.52. The van der Waals surface area contributed by atoms with Crippen LogP contribution in [-0.2, 0) is 12.2 Å². The second-order valence-corrected chi connectivity index (χ2v) is 11.0. The maximum atomic E-state index is 12.8. The summed E-state index contributed by atoms with van der Waals surface area (Å²) in [7, 11) is 0. The Morgan fingerprint density at radius 2 is 1.80 bits per heavy atom. The van der Waals surface area contributed by atoms with Crippen LogP contribution in [0.2, 0.25) is 10.0 Å². The molecule has 6 nitrogen and oxygen atoms in total. The number of carbonyl (C=O) groups is 1. The van der Waals surface area contributed by atoms with E-state index in [9.17, 15) is 4.79 Å². The highest BCUT2D eigenvalue weighted by molar-refractivity contribution is 7.98. The topological polar surface area (TPSA) is 63.9 Å². The van der Waals surface area contributed by atoms with Crippen LogP contribution in [0.4, 0.5) is 0 Å². The lowest BCUT2D eigenvalue weighted by molar-refractivity contribution is 0.0719. The first-order valence-corrected chi connectivity index (χ1v) is 14.0. The molecule has 1 aliphatic rings. The number of hydrogen-bond donors (Lipinski definition) is 0. The Bertz CT molecular complexity index is 1320. The standard InChI is InChI=1S/C25H23Cl2N5OS2/c26-19-10-9-18(14-20(19)27)32-22(13-17-7-3-1-4-8-17)29-30-25(32)35-16-23-28-21(15-34-23)24(33)31-11-5-2-6-12-31/h1,3-4,7-10,14-15H,2,5-6,11-13,16H2. The van der Waals surface area contributed by atoms with E-state index in [1.54, 1.807) is 6.07 Å². The SMILES string of the molecule is O=C(c1csc(CSc2nnc(Cc3ccccc3)n2-c2ccc(Cl)c(Cl)c2)n1)N1CCCCC1. The molecular formula is C25H23Cl2N5OS2. The fourth-order valence-corrected chi connectivity index (χ4v) is 6.08. The molecule has 0 radical (unpaired) electrons. The highest BCUT2D eigenvalue weighted by atomic mass is 35.5. The lowest BCUT2D eigenvalue weighted by atomic mass is 10.1. The molecule has 180 valence electrons. The monoisotopic (exact) mass is 543 g/mol. The van der Waals surface area contributed by atoms with Crippen LogP contribution in [0.5, 0.6) is 0 Å². The molecule has 5 rings (SSSR count). The molecule has 10 heteroatoms. The molecule has 1 fully saturated rings. The molecule has 0 saturated carbocycles. The Balaban J connectivity index is 1.37. The molecule has 0 N–H and O–H groups in total. The molecule has 0 unspecified atom stereocenters. The number of likely N-dealkylation sites (tertiary alicyclic amines) is 1. The average molecular weight is 545 g/mol. The minimum absolute atomic E-state index is 0.0290. The zero-order chi connectivity index (χ0) is 24.2. The van der Waals surface area contributed by atoms with Gasteiger partial charge in [0.1, 0.15) is 16.5 Å². The average Bonchev–Trinajstić information content (AvgIpc) is 3.52. The van der Waals surface area contributed by atoms with E-state index < -0.39 is 0 Å². The van der Waals surface area contributed by atoms with Gasteiger partial charge in [-0.05, 0) is 43.0 Å². The number of nitrogens with zero attached hydrogens (tertiary/aromatic N) is 5. The van der Waals surface area contributed by atoms with Crippen LogP contribution < -0.4 is 0 Å². The van der Waals surface area contributed by atoms with Crippen molar-refractivity contribution in [3.05, 3.63) is 86.0 Å². The number of carbonyl (C=O) groups excluding carboxylic acids is 1. The number of halogens is 2. The van der Waals surface area contributed by atoms with Gasteiger partial charge in [0.2, 0.25) is 0 Å². The van der Waals surface area contributed by atoms with E-state index in [2.05, 4.69) is 27.3 Å². The summed E-state index contributed by atoms with van der Waals surface area (Å²) in [5.74, 6) is 1.42. The van der Waals surface area contributed by atoms with E-state index in [1.807, 2.05) is 45.2 Å². The Morgan fingerprint density at radius 3 is 2.57 bits per heavy atom. The number of thiazole rings is 1. The van der Waals surface area contributed by atoms with Gasteiger partial charge in [-0.3, -0.25) is 9.36 Å². The molecule has 2 aromatic heterocycles. The van der Waals surface area contributed by atoms with Crippen molar-refractivity contribution in [2.75, 3.05) is 13.1 Å². The molecule has 35 heavy (non-hydrogen) atoms. The Kier molecular flexibility index (Phi) is 7.72. The molecule has 1 saturated heterocycles. The zero-order valence-electron chi connectivity index (χ0n) is 18.9. The van der Waals surface area contributed by atoms with Crippen molar-refractivity contribution < 1.29 is 4.79 Å². The number of amides is 1. The summed E-state index contributed by atoms with van der Waals surface area (Å²) in [5.41, 5.74) is 2.51. The van der Waals surface area contributed by atoms with Crippen LogP contribution in [0.1, 0.15) is 46.1 Å². The van der Waals surface area contributed by atoms with E-state index in [4.69, 9.17) is 23.2 Å². The predicted molar refractivity (Wildman–Crippen MR) is 142 cm³/mol. The van der Waals surface area contributed by atoms with Crippen molar-refractivity contribution in [1.82, 2.24) is 24.6 Å². The van der Waals surface area contributed by atoms with Gasteiger partial charge in [-0.2, -0.15) is 0 Å². The van der Waals surface area contributed by atoms with Gasteiger partial charge in [0.25, 0.3) is 5.91 Å². The maximum absolute atomic E-state index is 12.8. The summed E-state index contributed by atoms with van der Waals surface area (Å²) < 4.78 is 2.01. The smallest absolute Gasteiger partial charge is 0.273 e. The minimum Gasteiger partial charge on any atom is -0.337 e. The maximum Gasteiger partial charge on any atom is 0.273 e. The summed E-state index contributed by atoms with van der Waals surface area (Å²) >= 11 is 15.5. The lowest BCUT2D eigenvalue weighted by Crippen LogP contribution is -2.35. The number of aromatic nitrogens is 4. The molecular weight excluding hydrogens is 521 g/mol. The van der Waals surface area contributed by atoms with Crippen molar-refractivity contribution >= 4 is 52.2 Å². The van der Waals surface area contributed by atoms with Gasteiger partial charge in [0.15, 0.2) is 5.16 Å². The Morgan fingerprint density at radius 1 is 1.00 bits per heavy atom. The van der Waals surface area contributed by atoms with Gasteiger partial charge < -0.3 is 4.90 Å². The number of benzene rings is 2. The van der Waals surface area contributed by atoms with E-state index in [-0.39, 0.29) is 5.91 Å². The first-order chi connectivity index (χ1) is 17.1. The van der Waals surface area contributed by atoms with Gasteiger partial charge >= 0.3 is 0 Å². The van der Waals surface area contributed by atoms with Crippen molar-refractivity contribution in [3.8, 4) is 5.69 Å². The second-order valence-electron chi connectivity index (χ2n) is 8.26. The quantitative estimate of drug-likeness (QED) is 0.247. The van der Waals surface area contributed by atoms with Crippen molar-refractivity contribution in [2.24, 2.45) is 0 Å². The minimum atomic E-state index is 0.0290. The number of piperidine rings is 1. The van der Waals surface area contributed by atoms with Gasteiger partial charge in [0, 0.05) is 24.9 Å². The van der Waals surface area contributed by atoms with Crippen LogP contribution >= 0.6 is 46.3 Å². The van der Waals surface area contributed by atoms with E-state index in [1.165, 1.54) is 29.5 Å². The van der Waals surface area contributed by atoms with Crippen LogP contribution in [0.3, 0.4) is 0 Å². The van der Waals surface area contributed by atoms with Gasteiger partial charge in [0.05, 0.1) is 21.5 Å². The summed E-state index contributed by atoms with van der Waals surface area (Å²) in [6.07, 6.45) is 3.94. The zero-order valence-corrected chi connectivity index (χ0v) is 22.0. The van der Waals surface area contributed by atoms with Crippen molar-refractivity contribution in [3.63, 3.8) is 0 Å². The number of rotatable bonds is 7. The Hall–Kier alpha value is -2.39. The van der Waals surface area contributed by atoms with Crippen LogP contribution in [-0.4, -0.2) is 43.6 Å². The number of hydrogen-bond acceptors (Lipinski definition) is 6. The fraction of sp³-hybridized carbons (Fsp3) is 0.280. The summed E-state index contributed by atoms with van der Waals surface area (Å²) in [4.78, 5) is 19.3. The fourth-order valence-electron chi connectivity index (χ4n) is 4.03. The highest BCUT2D eigenvalue weighted by Crippen LogP contribution is 2.31. The van der Waals surface area contributed by atoms with Gasteiger partial charge in [-0.15, -0.1) is 21.5 Å². The van der Waals surface area contributed by atoms with Crippen LogP contribution in [0.25, 0.3) is 5.69 Å². The highest BCUT2D eigenvalue weighted by Gasteiger charge is 2.21. The summed E-state index contributed by atoms with van der Waals surface area (Å²) in [5, 5.41) is 13.4. The van der Waals surface area contributed by atoms with Gasteiger partial charge in [-0.1, -0.05) is 65.3 Å². The van der Waals surface area contributed by atoms with Crippen molar-refractivity contribution in [1.29, 1.82) is 0 Å². The molecule has 3 heterocycles.